The Bertz CT molecular complexity index is 779. The number of aromatic nitrogens is 2. The van der Waals surface area contributed by atoms with Crippen molar-refractivity contribution in [2.24, 2.45) is 0 Å². The molecule has 0 unspecified atom stereocenters. The molecule has 1 N–H and O–H groups in total. The second-order valence-electron chi connectivity index (χ2n) is 4.97. The van der Waals surface area contributed by atoms with Gasteiger partial charge < -0.3 is 4.74 Å². The molecule has 1 aromatic heterocycles. The Kier molecular flexibility index (Phi) is 7.44. The van der Waals surface area contributed by atoms with E-state index in [1.807, 2.05) is 6.07 Å². The SMILES string of the molecule is CCCCSc1nnc(NC(=O)/C(C#N)=C/c2ccc(OC)cc2)s1. The second kappa shape index (κ2) is 9.81. The van der Waals surface area contributed by atoms with Crippen LogP contribution >= 0.6 is 23.1 Å². The molecule has 0 aliphatic heterocycles. The number of hydrogen-bond donors (Lipinski definition) is 1. The molecular formula is C17H18N4O2S2. The molecule has 0 aliphatic rings. The molecule has 0 aliphatic carbocycles. The van der Waals surface area contributed by atoms with E-state index >= 15 is 0 Å². The lowest BCUT2D eigenvalue weighted by Crippen LogP contribution is -2.13. The van der Waals surface area contributed by atoms with E-state index in [-0.39, 0.29) is 5.57 Å². The van der Waals surface area contributed by atoms with Gasteiger partial charge in [0.2, 0.25) is 5.13 Å². The maximum atomic E-state index is 12.2. The number of anilines is 1. The van der Waals surface area contributed by atoms with E-state index in [1.165, 1.54) is 17.4 Å². The van der Waals surface area contributed by atoms with Gasteiger partial charge in [-0.25, -0.2) is 0 Å². The Morgan fingerprint density at radius 2 is 2.16 bits per heavy atom. The Morgan fingerprint density at radius 1 is 1.40 bits per heavy atom. The molecule has 0 radical (unpaired) electrons. The van der Waals surface area contributed by atoms with Crippen LogP contribution in [0.15, 0.2) is 34.2 Å². The molecule has 0 spiro atoms. The summed E-state index contributed by atoms with van der Waals surface area (Å²) >= 11 is 2.92. The van der Waals surface area contributed by atoms with Crippen LogP contribution in [-0.2, 0) is 4.79 Å². The van der Waals surface area contributed by atoms with Crippen LogP contribution in [-0.4, -0.2) is 29.0 Å². The zero-order valence-electron chi connectivity index (χ0n) is 14.0. The monoisotopic (exact) mass is 374 g/mol. The summed E-state index contributed by atoms with van der Waals surface area (Å²) in [6, 6.07) is 9.00. The van der Waals surface area contributed by atoms with E-state index in [4.69, 9.17) is 4.74 Å². The molecule has 0 fully saturated rings. The summed E-state index contributed by atoms with van der Waals surface area (Å²) in [5.41, 5.74) is 0.737. The second-order valence-corrected chi connectivity index (χ2v) is 7.29. The maximum absolute atomic E-state index is 12.2. The zero-order valence-corrected chi connectivity index (χ0v) is 15.6. The number of nitrogens with one attached hydrogen (secondary N) is 1. The Labute approximate surface area is 154 Å². The van der Waals surface area contributed by atoms with Crippen molar-refractivity contribution in [3.63, 3.8) is 0 Å². The fourth-order valence-corrected chi connectivity index (χ4v) is 3.70. The molecule has 0 bridgehead atoms. The first-order valence-corrected chi connectivity index (χ1v) is 9.50. The maximum Gasteiger partial charge on any atom is 0.268 e. The van der Waals surface area contributed by atoms with E-state index in [0.29, 0.717) is 10.9 Å². The standard InChI is InChI=1S/C17H18N4O2S2/c1-3-4-9-24-17-21-20-16(25-17)19-15(22)13(11-18)10-12-5-7-14(23-2)8-6-12/h5-8,10H,3-4,9H2,1-2H3,(H,19,20,22)/b13-10+. The summed E-state index contributed by atoms with van der Waals surface area (Å²) in [6.07, 6.45) is 3.75. The first-order valence-electron chi connectivity index (χ1n) is 7.69. The number of benzene rings is 1. The van der Waals surface area contributed by atoms with Crippen molar-refractivity contribution in [3.8, 4) is 11.8 Å². The van der Waals surface area contributed by atoms with Crippen molar-refractivity contribution in [1.82, 2.24) is 10.2 Å². The average Bonchev–Trinajstić information content (AvgIpc) is 3.07. The Hall–Kier alpha value is -2.37. The molecule has 1 aromatic carbocycles. The highest BCUT2D eigenvalue weighted by molar-refractivity contribution is 8.01. The molecule has 1 amide bonds. The highest BCUT2D eigenvalue weighted by Gasteiger charge is 2.13. The van der Waals surface area contributed by atoms with Crippen LogP contribution in [0.5, 0.6) is 5.75 Å². The number of ether oxygens (including phenoxy) is 1. The summed E-state index contributed by atoms with van der Waals surface area (Å²) in [5.74, 6) is 1.18. The van der Waals surface area contributed by atoms with Crippen LogP contribution in [0.4, 0.5) is 5.13 Å². The fraction of sp³-hybridized carbons (Fsp3) is 0.294. The number of unbranched alkanes of at least 4 members (excludes halogenated alkanes) is 1. The topological polar surface area (TPSA) is 87.9 Å². The molecule has 8 heteroatoms. The van der Waals surface area contributed by atoms with Crippen molar-refractivity contribution >= 4 is 40.2 Å². The van der Waals surface area contributed by atoms with E-state index in [1.54, 1.807) is 43.1 Å². The van der Waals surface area contributed by atoms with E-state index in [2.05, 4.69) is 22.4 Å². The molecule has 6 nitrogen and oxygen atoms in total. The number of nitriles is 1. The third-order valence-electron chi connectivity index (χ3n) is 3.14. The van der Waals surface area contributed by atoms with Crippen LogP contribution in [0.1, 0.15) is 25.3 Å². The van der Waals surface area contributed by atoms with Crippen LogP contribution < -0.4 is 10.1 Å². The number of thioether (sulfide) groups is 1. The number of amides is 1. The summed E-state index contributed by atoms with van der Waals surface area (Å²) in [4.78, 5) is 12.2. The van der Waals surface area contributed by atoms with Crippen LogP contribution in [0.2, 0.25) is 0 Å². The van der Waals surface area contributed by atoms with Gasteiger partial charge in [0.25, 0.3) is 5.91 Å². The third kappa shape index (κ3) is 5.89. The lowest BCUT2D eigenvalue weighted by Gasteiger charge is -2.01. The van der Waals surface area contributed by atoms with Gasteiger partial charge in [0.05, 0.1) is 7.11 Å². The van der Waals surface area contributed by atoms with Gasteiger partial charge in [-0.05, 0) is 30.2 Å². The predicted octanol–water partition coefficient (Wildman–Crippen LogP) is 3.98. The molecule has 130 valence electrons. The lowest BCUT2D eigenvalue weighted by atomic mass is 10.1. The molecule has 0 saturated heterocycles. The summed E-state index contributed by atoms with van der Waals surface area (Å²) in [5, 5.41) is 20.2. The summed E-state index contributed by atoms with van der Waals surface area (Å²) in [7, 11) is 1.58. The smallest absolute Gasteiger partial charge is 0.268 e. The van der Waals surface area contributed by atoms with Crippen molar-refractivity contribution in [2.45, 2.75) is 24.1 Å². The predicted molar refractivity (Wildman–Crippen MR) is 101 cm³/mol. The van der Waals surface area contributed by atoms with Gasteiger partial charge in [-0.1, -0.05) is 48.6 Å². The Balaban J connectivity index is 2.02. The molecule has 0 saturated carbocycles. The highest BCUT2D eigenvalue weighted by Crippen LogP contribution is 2.26. The number of nitrogens with zero attached hydrogens (tertiary/aromatic N) is 3. The third-order valence-corrected chi connectivity index (χ3v) is 5.20. The summed E-state index contributed by atoms with van der Waals surface area (Å²) < 4.78 is 5.89. The van der Waals surface area contributed by atoms with Crippen molar-refractivity contribution in [1.29, 1.82) is 5.26 Å². The fourth-order valence-electron chi connectivity index (χ4n) is 1.80. The van der Waals surface area contributed by atoms with Crippen LogP contribution in [0.25, 0.3) is 6.08 Å². The molecule has 2 rings (SSSR count). The van der Waals surface area contributed by atoms with E-state index in [9.17, 15) is 10.1 Å². The van der Waals surface area contributed by atoms with E-state index < -0.39 is 5.91 Å². The van der Waals surface area contributed by atoms with E-state index in [0.717, 1.165) is 28.5 Å². The quantitative estimate of drug-likeness (QED) is 0.247. The number of methoxy groups -OCH3 is 1. The minimum Gasteiger partial charge on any atom is -0.497 e. The van der Waals surface area contributed by atoms with Gasteiger partial charge in [0, 0.05) is 5.75 Å². The molecular weight excluding hydrogens is 356 g/mol. The van der Waals surface area contributed by atoms with Gasteiger partial charge in [-0.2, -0.15) is 5.26 Å². The van der Waals surface area contributed by atoms with Gasteiger partial charge >= 0.3 is 0 Å². The first kappa shape index (κ1) is 19.0. The molecule has 1 heterocycles. The Morgan fingerprint density at radius 3 is 2.80 bits per heavy atom. The minimum absolute atomic E-state index is 0.000512. The minimum atomic E-state index is -0.500. The normalized spacial score (nSPS) is 11.0. The number of hydrogen-bond acceptors (Lipinski definition) is 7. The highest BCUT2D eigenvalue weighted by atomic mass is 32.2. The molecule has 2 aromatic rings. The van der Waals surface area contributed by atoms with Crippen molar-refractivity contribution < 1.29 is 9.53 Å². The number of rotatable bonds is 8. The summed E-state index contributed by atoms with van der Waals surface area (Å²) in [6.45, 7) is 2.13. The zero-order chi connectivity index (χ0) is 18.1. The average molecular weight is 374 g/mol. The van der Waals surface area contributed by atoms with Gasteiger partial charge in [0.1, 0.15) is 17.4 Å². The van der Waals surface area contributed by atoms with Gasteiger partial charge in [0.15, 0.2) is 4.34 Å². The van der Waals surface area contributed by atoms with Crippen molar-refractivity contribution in [3.05, 3.63) is 35.4 Å². The van der Waals surface area contributed by atoms with Gasteiger partial charge in [-0.15, -0.1) is 10.2 Å². The molecule has 25 heavy (non-hydrogen) atoms. The first-order chi connectivity index (χ1) is 12.2. The van der Waals surface area contributed by atoms with Gasteiger partial charge in [-0.3, -0.25) is 10.1 Å². The number of carbonyl (C=O) groups excluding carboxylic acids is 1. The van der Waals surface area contributed by atoms with Crippen molar-refractivity contribution in [2.75, 3.05) is 18.2 Å². The lowest BCUT2D eigenvalue weighted by molar-refractivity contribution is -0.112. The number of carbonyl (C=O) groups is 1. The van der Waals surface area contributed by atoms with Crippen LogP contribution in [0, 0.1) is 11.3 Å². The van der Waals surface area contributed by atoms with Crippen LogP contribution in [0.3, 0.4) is 0 Å². The largest absolute Gasteiger partial charge is 0.497 e. The molecule has 0 atom stereocenters.